The maximum Gasteiger partial charge on any atom is 0.254 e. The molecule has 8 heteroatoms. The number of anilines is 1. The molecule has 3 heterocycles. The van der Waals surface area contributed by atoms with Crippen molar-refractivity contribution in [3.8, 4) is 5.88 Å². The Morgan fingerprint density at radius 3 is 2.68 bits per heavy atom. The molecule has 0 unspecified atom stereocenters. The second-order valence-corrected chi connectivity index (χ2v) is 5.47. The molecule has 0 aromatic carbocycles. The number of amides is 1. The molecule has 2 aromatic heterocycles. The highest BCUT2D eigenvalue weighted by molar-refractivity contribution is 7.08. The van der Waals surface area contributed by atoms with Crippen LogP contribution in [0.25, 0.3) is 0 Å². The van der Waals surface area contributed by atoms with E-state index in [1.807, 2.05) is 21.7 Å². The summed E-state index contributed by atoms with van der Waals surface area (Å²) in [5, 5.41) is 3.81. The summed E-state index contributed by atoms with van der Waals surface area (Å²) in [5.74, 6) is 1.30. The molecule has 0 aliphatic carbocycles. The van der Waals surface area contributed by atoms with E-state index in [9.17, 15) is 4.79 Å². The van der Waals surface area contributed by atoms with Gasteiger partial charge in [-0.2, -0.15) is 16.3 Å². The number of aromatic nitrogens is 2. The zero-order valence-corrected chi connectivity index (χ0v) is 13.8. The van der Waals surface area contributed by atoms with Crippen molar-refractivity contribution >= 4 is 35.6 Å². The molecule has 0 saturated carbocycles. The molecule has 1 amide bonds. The fraction of sp³-hybridized carbons (Fsp3) is 0.357. The average molecular weight is 341 g/mol. The highest BCUT2D eigenvalue weighted by Crippen LogP contribution is 2.16. The standard InChI is InChI=1S/C14H16N4O2S.ClH/c1-20-12-2-4-15-14(16-12)18-7-5-17(6-8-18)13(19)11-3-9-21-10-11;/h2-4,9-10H,5-8H2,1H3;1H. The molecule has 3 rings (SSSR count). The van der Waals surface area contributed by atoms with Crippen LogP contribution in [-0.4, -0.2) is 54.1 Å². The molecule has 6 nitrogen and oxygen atoms in total. The Kier molecular flexibility index (Phi) is 5.57. The first-order chi connectivity index (χ1) is 10.3. The van der Waals surface area contributed by atoms with Crippen molar-refractivity contribution in [3.05, 3.63) is 34.7 Å². The number of hydrogen-bond donors (Lipinski definition) is 0. The lowest BCUT2D eigenvalue weighted by Crippen LogP contribution is -2.49. The molecule has 1 aliphatic heterocycles. The molecule has 1 saturated heterocycles. The topological polar surface area (TPSA) is 58.6 Å². The van der Waals surface area contributed by atoms with Crippen LogP contribution < -0.4 is 9.64 Å². The Balaban J connectivity index is 0.00000176. The van der Waals surface area contributed by atoms with Crippen LogP contribution in [0.2, 0.25) is 0 Å². The summed E-state index contributed by atoms with van der Waals surface area (Å²) >= 11 is 1.54. The molecule has 118 valence electrons. The van der Waals surface area contributed by atoms with Crippen molar-refractivity contribution in [2.45, 2.75) is 0 Å². The molecule has 1 fully saturated rings. The van der Waals surface area contributed by atoms with Crippen molar-refractivity contribution in [1.29, 1.82) is 0 Å². The predicted molar refractivity (Wildman–Crippen MR) is 88.3 cm³/mol. The maximum atomic E-state index is 12.3. The van der Waals surface area contributed by atoms with Crippen LogP contribution in [0.1, 0.15) is 10.4 Å². The van der Waals surface area contributed by atoms with E-state index >= 15 is 0 Å². The third-order valence-corrected chi connectivity index (χ3v) is 4.13. The molecule has 22 heavy (non-hydrogen) atoms. The number of rotatable bonds is 3. The lowest BCUT2D eigenvalue weighted by molar-refractivity contribution is 0.0746. The van der Waals surface area contributed by atoms with Gasteiger partial charge in [-0.1, -0.05) is 0 Å². The van der Waals surface area contributed by atoms with E-state index in [0.29, 0.717) is 24.9 Å². The normalized spacial score (nSPS) is 14.4. The van der Waals surface area contributed by atoms with Crippen molar-refractivity contribution in [2.75, 3.05) is 38.2 Å². The zero-order chi connectivity index (χ0) is 14.7. The zero-order valence-electron chi connectivity index (χ0n) is 12.1. The summed E-state index contributed by atoms with van der Waals surface area (Å²) < 4.78 is 5.11. The van der Waals surface area contributed by atoms with Gasteiger partial charge in [-0.3, -0.25) is 4.79 Å². The third-order valence-electron chi connectivity index (χ3n) is 3.44. The quantitative estimate of drug-likeness (QED) is 0.854. The van der Waals surface area contributed by atoms with Crippen LogP contribution in [-0.2, 0) is 0 Å². The van der Waals surface area contributed by atoms with Crippen LogP contribution in [0.15, 0.2) is 29.1 Å². The van der Waals surface area contributed by atoms with Gasteiger partial charge in [0, 0.05) is 43.8 Å². The number of ether oxygens (including phenoxy) is 1. The van der Waals surface area contributed by atoms with Crippen molar-refractivity contribution < 1.29 is 9.53 Å². The monoisotopic (exact) mass is 340 g/mol. The number of nitrogens with zero attached hydrogens (tertiary/aromatic N) is 4. The van der Waals surface area contributed by atoms with Crippen LogP contribution in [0, 0.1) is 0 Å². The first-order valence-electron chi connectivity index (χ1n) is 6.71. The fourth-order valence-electron chi connectivity index (χ4n) is 2.28. The van der Waals surface area contributed by atoms with E-state index in [0.717, 1.165) is 18.7 Å². The van der Waals surface area contributed by atoms with Gasteiger partial charge in [0.05, 0.1) is 12.7 Å². The van der Waals surface area contributed by atoms with E-state index in [1.165, 1.54) is 0 Å². The molecule has 0 radical (unpaired) electrons. The van der Waals surface area contributed by atoms with Crippen LogP contribution in [0.4, 0.5) is 5.95 Å². The Morgan fingerprint density at radius 1 is 1.27 bits per heavy atom. The van der Waals surface area contributed by atoms with Gasteiger partial charge in [0.25, 0.3) is 5.91 Å². The minimum atomic E-state index is 0. The molecule has 0 spiro atoms. The Morgan fingerprint density at radius 2 is 2.05 bits per heavy atom. The van der Waals surface area contributed by atoms with E-state index in [4.69, 9.17) is 4.74 Å². The molecule has 1 aliphatic rings. The lowest BCUT2D eigenvalue weighted by atomic mass is 10.2. The van der Waals surface area contributed by atoms with Gasteiger partial charge in [0.1, 0.15) is 0 Å². The van der Waals surface area contributed by atoms with Gasteiger partial charge in [0.2, 0.25) is 11.8 Å². The smallest absolute Gasteiger partial charge is 0.254 e. The summed E-state index contributed by atoms with van der Waals surface area (Å²) in [7, 11) is 1.59. The maximum absolute atomic E-state index is 12.3. The summed E-state index contributed by atoms with van der Waals surface area (Å²) in [5.41, 5.74) is 0.770. The largest absolute Gasteiger partial charge is 0.481 e. The Bertz CT molecular complexity index is 615. The van der Waals surface area contributed by atoms with Crippen molar-refractivity contribution in [2.24, 2.45) is 0 Å². The molecular formula is C14H17ClN4O2S. The summed E-state index contributed by atoms with van der Waals surface area (Å²) in [6.45, 7) is 2.80. The third kappa shape index (κ3) is 3.48. The number of thiophene rings is 1. The highest BCUT2D eigenvalue weighted by atomic mass is 35.5. The number of piperazine rings is 1. The molecule has 0 N–H and O–H groups in total. The number of methoxy groups -OCH3 is 1. The molecular weight excluding hydrogens is 324 g/mol. The van der Waals surface area contributed by atoms with E-state index < -0.39 is 0 Å². The minimum Gasteiger partial charge on any atom is -0.481 e. The van der Waals surface area contributed by atoms with Gasteiger partial charge >= 0.3 is 0 Å². The number of halogens is 1. The van der Waals surface area contributed by atoms with E-state index in [1.54, 1.807) is 30.7 Å². The number of carbonyl (C=O) groups excluding carboxylic acids is 1. The van der Waals surface area contributed by atoms with Crippen molar-refractivity contribution in [3.63, 3.8) is 0 Å². The van der Waals surface area contributed by atoms with Gasteiger partial charge in [0.15, 0.2) is 0 Å². The summed E-state index contributed by atoms with van der Waals surface area (Å²) in [6, 6.07) is 3.59. The van der Waals surface area contributed by atoms with Crippen LogP contribution >= 0.6 is 23.7 Å². The molecule has 0 atom stereocenters. The lowest BCUT2D eigenvalue weighted by Gasteiger charge is -2.34. The number of hydrogen-bond acceptors (Lipinski definition) is 6. The van der Waals surface area contributed by atoms with Crippen LogP contribution in [0.5, 0.6) is 5.88 Å². The van der Waals surface area contributed by atoms with Gasteiger partial charge in [-0.15, -0.1) is 12.4 Å². The van der Waals surface area contributed by atoms with Gasteiger partial charge < -0.3 is 14.5 Å². The van der Waals surface area contributed by atoms with E-state index in [-0.39, 0.29) is 18.3 Å². The average Bonchev–Trinajstić information content (AvgIpc) is 3.09. The summed E-state index contributed by atoms with van der Waals surface area (Å²) in [6.07, 6.45) is 1.68. The SMILES string of the molecule is COc1ccnc(N2CCN(C(=O)c3ccsc3)CC2)n1.Cl. The first-order valence-corrected chi connectivity index (χ1v) is 7.65. The second-order valence-electron chi connectivity index (χ2n) is 4.69. The van der Waals surface area contributed by atoms with E-state index in [2.05, 4.69) is 14.9 Å². The Hall–Kier alpha value is -1.86. The first kappa shape index (κ1) is 16.5. The van der Waals surface area contributed by atoms with Gasteiger partial charge in [-0.25, -0.2) is 4.98 Å². The minimum absolute atomic E-state index is 0. The second kappa shape index (κ2) is 7.42. The van der Waals surface area contributed by atoms with Crippen LogP contribution in [0.3, 0.4) is 0 Å². The summed E-state index contributed by atoms with van der Waals surface area (Å²) in [4.78, 5) is 24.8. The predicted octanol–water partition coefficient (Wildman–Crippen LogP) is 1.93. The number of carbonyl (C=O) groups is 1. The van der Waals surface area contributed by atoms with Gasteiger partial charge in [-0.05, 0) is 11.4 Å². The van der Waals surface area contributed by atoms with Crippen molar-refractivity contribution in [1.82, 2.24) is 14.9 Å². The molecule has 0 bridgehead atoms. The highest BCUT2D eigenvalue weighted by Gasteiger charge is 2.23. The fourth-order valence-corrected chi connectivity index (χ4v) is 2.91. The molecule has 2 aromatic rings. The Labute approximate surface area is 139 Å².